The van der Waals surface area contributed by atoms with E-state index in [1.54, 1.807) is 36.4 Å². The molecule has 0 heterocycles. The molecule has 0 saturated carbocycles. The van der Waals surface area contributed by atoms with Gasteiger partial charge in [0, 0.05) is 11.8 Å². The van der Waals surface area contributed by atoms with Gasteiger partial charge < -0.3 is 9.84 Å². The molecule has 4 nitrogen and oxygen atoms in total. The quantitative estimate of drug-likeness (QED) is 0.862. The highest BCUT2D eigenvalue weighted by Crippen LogP contribution is 2.29. The third-order valence-corrected chi connectivity index (χ3v) is 2.70. The van der Waals surface area contributed by atoms with E-state index in [9.17, 15) is 5.11 Å². The lowest BCUT2D eigenvalue weighted by Crippen LogP contribution is -1.93. The van der Waals surface area contributed by atoms with Crippen LogP contribution in [0.3, 0.4) is 0 Å². The number of phenols is 1. The van der Waals surface area contributed by atoms with Gasteiger partial charge in [0.2, 0.25) is 0 Å². The number of hydrogen-bond donors (Lipinski definition) is 1. The molecule has 0 aliphatic heterocycles. The summed E-state index contributed by atoms with van der Waals surface area (Å²) in [5.74, 6) is 0.470. The Bertz CT molecular complexity index is 672. The summed E-state index contributed by atoms with van der Waals surface area (Å²) >= 11 is 0. The van der Waals surface area contributed by atoms with Crippen molar-refractivity contribution >= 4 is 11.9 Å². The average molecular weight is 266 g/mol. The van der Waals surface area contributed by atoms with Crippen LogP contribution in [-0.4, -0.2) is 17.9 Å². The van der Waals surface area contributed by atoms with Gasteiger partial charge >= 0.3 is 0 Å². The number of hydrogen-bond acceptors (Lipinski definition) is 4. The van der Waals surface area contributed by atoms with Gasteiger partial charge in [-0.2, -0.15) is 5.26 Å². The van der Waals surface area contributed by atoms with Gasteiger partial charge in [-0.05, 0) is 31.2 Å². The van der Waals surface area contributed by atoms with Crippen molar-refractivity contribution in [1.29, 1.82) is 5.26 Å². The van der Waals surface area contributed by atoms with Gasteiger partial charge in [-0.15, -0.1) is 0 Å². The summed E-state index contributed by atoms with van der Waals surface area (Å²) in [6, 6.07) is 14.3. The largest absolute Gasteiger partial charge is 0.504 e. The molecule has 0 aromatic heterocycles. The molecule has 0 amide bonds. The predicted octanol–water partition coefficient (Wildman–Crippen LogP) is 3.41. The minimum atomic E-state index is 0.0486. The standard InChI is InChI=1S/C16H14N2O2/c1-2-20-15-9-5-7-13(16(15)19)11-18-14-8-4-3-6-12(14)10-17/h3-9,11,19H,2H2,1H3. The van der Waals surface area contributed by atoms with Crippen molar-refractivity contribution in [3.63, 3.8) is 0 Å². The Labute approximate surface area is 117 Å². The molecule has 0 bridgehead atoms. The third kappa shape index (κ3) is 2.96. The van der Waals surface area contributed by atoms with E-state index < -0.39 is 0 Å². The highest BCUT2D eigenvalue weighted by molar-refractivity contribution is 5.87. The maximum Gasteiger partial charge on any atom is 0.166 e. The fraction of sp³-hybridized carbons (Fsp3) is 0.125. The van der Waals surface area contributed by atoms with E-state index in [2.05, 4.69) is 11.1 Å². The smallest absolute Gasteiger partial charge is 0.166 e. The van der Waals surface area contributed by atoms with Crippen molar-refractivity contribution in [3.05, 3.63) is 53.6 Å². The van der Waals surface area contributed by atoms with Crippen LogP contribution in [0.15, 0.2) is 47.5 Å². The lowest BCUT2D eigenvalue weighted by atomic mass is 10.2. The molecule has 2 aromatic carbocycles. The van der Waals surface area contributed by atoms with E-state index >= 15 is 0 Å². The first kappa shape index (κ1) is 13.6. The van der Waals surface area contributed by atoms with E-state index in [-0.39, 0.29) is 5.75 Å². The topological polar surface area (TPSA) is 65.6 Å². The number of para-hydroxylation sites is 2. The zero-order valence-electron chi connectivity index (χ0n) is 11.1. The fourth-order valence-corrected chi connectivity index (χ4v) is 1.74. The normalized spacial score (nSPS) is 10.4. The molecular formula is C16H14N2O2. The molecular weight excluding hydrogens is 252 g/mol. The Kier molecular flexibility index (Phi) is 4.35. The molecule has 0 spiro atoms. The molecule has 0 atom stereocenters. The zero-order valence-corrected chi connectivity index (χ0v) is 11.1. The first-order valence-corrected chi connectivity index (χ1v) is 6.24. The van der Waals surface area contributed by atoms with Crippen LogP contribution in [0.2, 0.25) is 0 Å². The fourth-order valence-electron chi connectivity index (χ4n) is 1.74. The maximum absolute atomic E-state index is 10.0. The summed E-state index contributed by atoms with van der Waals surface area (Å²) in [5, 5.41) is 19.0. The Morgan fingerprint density at radius 1 is 1.25 bits per heavy atom. The summed E-state index contributed by atoms with van der Waals surface area (Å²) in [7, 11) is 0. The second-order valence-electron chi connectivity index (χ2n) is 4.01. The Balaban J connectivity index is 2.33. The van der Waals surface area contributed by atoms with Crippen LogP contribution < -0.4 is 4.74 Å². The van der Waals surface area contributed by atoms with Crippen LogP contribution in [0.4, 0.5) is 5.69 Å². The predicted molar refractivity (Wildman–Crippen MR) is 77.7 cm³/mol. The summed E-state index contributed by atoms with van der Waals surface area (Å²) in [6.45, 7) is 2.33. The van der Waals surface area contributed by atoms with Crippen LogP contribution in [0.5, 0.6) is 11.5 Å². The number of benzene rings is 2. The van der Waals surface area contributed by atoms with Crippen molar-refractivity contribution < 1.29 is 9.84 Å². The van der Waals surface area contributed by atoms with Crippen molar-refractivity contribution in [2.45, 2.75) is 6.92 Å². The van der Waals surface area contributed by atoms with Crippen molar-refractivity contribution in [1.82, 2.24) is 0 Å². The van der Waals surface area contributed by atoms with Gasteiger partial charge in [-0.25, -0.2) is 0 Å². The van der Waals surface area contributed by atoms with Crippen LogP contribution >= 0.6 is 0 Å². The number of nitriles is 1. The number of phenolic OH excluding ortho intramolecular Hbond substituents is 1. The highest BCUT2D eigenvalue weighted by Gasteiger charge is 2.06. The lowest BCUT2D eigenvalue weighted by molar-refractivity contribution is 0.318. The molecule has 0 unspecified atom stereocenters. The molecule has 0 aliphatic carbocycles. The molecule has 1 N–H and O–H groups in total. The van der Waals surface area contributed by atoms with Gasteiger partial charge in [0.25, 0.3) is 0 Å². The number of aromatic hydroxyl groups is 1. The monoisotopic (exact) mass is 266 g/mol. The molecule has 2 aromatic rings. The summed E-state index contributed by atoms with van der Waals surface area (Å²) in [4.78, 5) is 4.25. The number of ether oxygens (including phenoxy) is 1. The second-order valence-corrected chi connectivity index (χ2v) is 4.01. The molecule has 2 rings (SSSR count). The molecule has 0 saturated heterocycles. The van der Waals surface area contributed by atoms with Gasteiger partial charge in [0.05, 0.1) is 17.9 Å². The Hall–Kier alpha value is -2.80. The van der Waals surface area contributed by atoms with E-state index in [1.807, 2.05) is 13.0 Å². The van der Waals surface area contributed by atoms with Crippen molar-refractivity contribution in [2.75, 3.05) is 6.61 Å². The van der Waals surface area contributed by atoms with Crippen LogP contribution in [0, 0.1) is 11.3 Å². The minimum absolute atomic E-state index is 0.0486. The molecule has 100 valence electrons. The summed E-state index contributed by atoms with van der Waals surface area (Å²) < 4.78 is 5.31. The lowest BCUT2D eigenvalue weighted by Gasteiger charge is -2.07. The number of rotatable bonds is 4. The van der Waals surface area contributed by atoms with Crippen LogP contribution in [0.1, 0.15) is 18.1 Å². The molecule has 0 radical (unpaired) electrons. The highest BCUT2D eigenvalue weighted by atomic mass is 16.5. The molecule has 4 heteroatoms. The molecule has 0 aliphatic rings. The van der Waals surface area contributed by atoms with Gasteiger partial charge in [0.15, 0.2) is 11.5 Å². The SMILES string of the molecule is CCOc1cccc(C=Nc2ccccc2C#N)c1O. The van der Waals surface area contributed by atoms with Gasteiger partial charge in [-0.1, -0.05) is 18.2 Å². The number of aliphatic imine (C=N–C) groups is 1. The zero-order chi connectivity index (χ0) is 14.4. The first-order valence-electron chi connectivity index (χ1n) is 6.24. The summed E-state index contributed by atoms with van der Waals surface area (Å²) in [5.41, 5.74) is 1.60. The first-order chi connectivity index (χ1) is 9.76. The average Bonchev–Trinajstić information content (AvgIpc) is 2.48. The number of nitrogens with zero attached hydrogens (tertiary/aromatic N) is 2. The molecule has 0 fully saturated rings. The Morgan fingerprint density at radius 2 is 2.05 bits per heavy atom. The molecule has 20 heavy (non-hydrogen) atoms. The van der Waals surface area contributed by atoms with E-state index in [0.717, 1.165) is 0 Å². The van der Waals surface area contributed by atoms with Crippen LogP contribution in [0.25, 0.3) is 0 Å². The summed E-state index contributed by atoms with van der Waals surface area (Å²) in [6.07, 6.45) is 1.52. The van der Waals surface area contributed by atoms with E-state index in [0.29, 0.717) is 29.2 Å². The van der Waals surface area contributed by atoms with Crippen molar-refractivity contribution in [3.8, 4) is 17.6 Å². The van der Waals surface area contributed by atoms with Gasteiger partial charge in [0.1, 0.15) is 6.07 Å². The van der Waals surface area contributed by atoms with E-state index in [4.69, 9.17) is 10.00 Å². The second kappa shape index (κ2) is 6.39. The minimum Gasteiger partial charge on any atom is -0.504 e. The van der Waals surface area contributed by atoms with Crippen molar-refractivity contribution in [2.24, 2.45) is 4.99 Å². The third-order valence-electron chi connectivity index (χ3n) is 2.70. The van der Waals surface area contributed by atoms with E-state index in [1.165, 1.54) is 6.21 Å². The van der Waals surface area contributed by atoms with Gasteiger partial charge in [-0.3, -0.25) is 4.99 Å². The maximum atomic E-state index is 10.0. The Morgan fingerprint density at radius 3 is 2.80 bits per heavy atom. The van der Waals surface area contributed by atoms with Crippen LogP contribution in [-0.2, 0) is 0 Å².